The number of Topliss-reactive ketones (excluding diaryl/α,β-unsaturated/α-hetero) is 1. The molecule has 0 bridgehead atoms. The summed E-state index contributed by atoms with van der Waals surface area (Å²) in [5, 5.41) is 0.974. The summed E-state index contributed by atoms with van der Waals surface area (Å²) < 4.78 is 0. The van der Waals surface area contributed by atoms with Crippen LogP contribution in [0.15, 0.2) is 10.9 Å². The molecule has 78 valence electrons. The van der Waals surface area contributed by atoms with E-state index in [-0.39, 0.29) is 16.9 Å². The van der Waals surface area contributed by atoms with Gasteiger partial charge in [-0.25, -0.2) is 0 Å². The van der Waals surface area contributed by atoms with Gasteiger partial charge in [0.25, 0.3) is 5.56 Å². The lowest BCUT2D eigenvalue weighted by Crippen LogP contribution is -2.17. The van der Waals surface area contributed by atoms with Crippen molar-refractivity contribution in [1.82, 2.24) is 4.98 Å². The maximum Gasteiger partial charge on any atom is 0.260 e. The standard InChI is InChI=1S/C11H11NO2S/c1-5-4-8-6(2)9(7(3)13)10(14)12-11(8)15-5/h4H,1-3H3,(H,12,14). The first-order valence-electron chi connectivity index (χ1n) is 4.64. The number of hydrogen-bond acceptors (Lipinski definition) is 3. The van der Waals surface area contributed by atoms with Crippen molar-refractivity contribution < 1.29 is 4.79 Å². The molecule has 0 aliphatic heterocycles. The lowest BCUT2D eigenvalue weighted by Gasteiger charge is -2.01. The third-order valence-corrected chi connectivity index (χ3v) is 3.41. The number of aromatic nitrogens is 1. The predicted octanol–water partition coefficient (Wildman–Crippen LogP) is 2.41. The Morgan fingerprint density at radius 1 is 1.40 bits per heavy atom. The van der Waals surface area contributed by atoms with Crippen LogP contribution in [0, 0.1) is 13.8 Å². The van der Waals surface area contributed by atoms with Crippen LogP contribution in [0.2, 0.25) is 0 Å². The Morgan fingerprint density at radius 2 is 2.07 bits per heavy atom. The van der Waals surface area contributed by atoms with Crippen molar-refractivity contribution in [1.29, 1.82) is 0 Å². The van der Waals surface area contributed by atoms with E-state index in [1.807, 2.05) is 19.9 Å². The minimum Gasteiger partial charge on any atom is -0.313 e. The third kappa shape index (κ3) is 1.51. The zero-order valence-electron chi connectivity index (χ0n) is 8.80. The fourth-order valence-electron chi connectivity index (χ4n) is 1.78. The number of ketones is 1. The van der Waals surface area contributed by atoms with Crippen molar-refractivity contribution in [2.45, 2.75) is 20.8 Å². The topological polar surface area (TPSA) is 49.9 Å². The SMILES string of the molecule is CC(=O)c1c(C)c2cc(C)sc2[nH]c1=O. The summed E-state index contributed by atoms with van der Waals surface area (Å²) >= 11 is 1.53. The molecule has 3 nitrogen and oxygen atoms in total. The molecule has 0 atom stereocenters. The Kier molecular flexibility index (Phi) is 2.23. The number of H-pyrrole nitrogens is 1. The summed E-state index contributed by atoms with van der Waals surface area (Å²) in [6.07, 6.45) is 0. The van der Waals surface area contributed by atoms with Gasteiger partial charge in [0, 0.05) is 10.3 Å². The average molecular weight is 221 g/mol. The predicted molar refractivity (Wildman–Crippen MR) is 61.9 cm³/mol. The van der Waals surface area contributed by atoms with E-state index in [2.05, 4.69) is 4.98 Å². The van der Waals surface area contributed by atoms with E-state index in [4.69, 9.17) is 0 Å². The van der Waals surface area contributed by atoms with Gasteiger partial charge in [-0.1, -0.05) is 0 Å². The fourth-order valence-corrected chi connectivity index (χ4v) is 2.74. The average Bonchev–Trinajstić information content (AvgIpc) is 2.45. The highest BCUT2D eigenvalue weighted by Gasteiger charge is 2.13. The highest BCUT2D eigenvalue weighted by molar-refractivity contribution is 7.18. The van der Waals surface area contributed by atoms with E-state index in [9.17, 15) is 9.59 Å². The molecule has 0 saturated heterocycles. The molecule has 0 unspecified atom stereocenters. The first kappa shape index (κ1) is 10.1. The zero-order chi connectivity index (χ0) is 11.2. The lowest BCUT2D eigenvalue weighted by atomic mass is 10.1. The van der Waals surface area contributed by atoms with Crippen LogP contribution in [-0.4, -0.2) is 10.8 Å². The van der Waals surface area contributed by atoms with E-state index in [0.29, 0.717) is 0 Å². The Bertz CT molecular complexity index is 607. The molecule has 4 heteroatoms. The second kappa shape index (κ2) is 3.31. The monoisotopic (exact) mass is 221 g/mol. The van der Waals surface area contributed by atoms with Crippen LogP contribution in [0.5, 0.6) is 0 Å². The zero-order valence-corrected chi connectivity index (χ0v) is 9.62. The number of hydrogen-bond donors (Lipinski definition) is 1. The van der Waals surface area contributed by atoms with E-state index in [0.717, 1.165) is 20.7 Å². The molecule has 2 rings (SSSR count). The van der Waals surface area contributed by atoms with Gasteiger partial charge in [-0.2, -0.15) is 0 Å². The van der Waals surface area contributed by atoms with Gasteiger partial charge < -0.3 is 4.98 Å². The maximum atomic E-state index is 11.6. The third-order valence-electron chi connectivity index (χ3n) is 2.44. The Balaban J connectivity index is 2.95. The van der Waals surface area contributed by atoms with Gasteiger partial charge >= 0.3 is 0 Å². The van der Waals surface area contributed by atoms with Gasteiger partial charge in [-0.05, 0) is 32.4 Å². The molecular formula is C11H11NO2S. The Labute approximate surface area is 90.8 Å². The first-order valence-corrected chi connectivity index (χ1v) is 5.46. The van der Waals surface area contributed by atoms with Gasteiger partial charge in [0.15, 0.2) is 5.78 Å². The largest absolute Gasteiger partial charge is 0.313 e. The van der Waals surface area contributed by atoms with Crippen molar-refractivity contribution in [3.8, 4) is 0 Å². The lowest BCUT2D eigenvalue weighted by molar-refractivity contribution is 0.101. The number of carbonyl (C=O) groups is 1. The second-order valence-corrected chi connectivity index (χ2v) is 4.87. The number of pyridine rings is 1. The molecule has 0 spiro atoms. The fraction of sp³-hybridized carbons (Fsp3) is 0.273. The normalized spacial score (nSPS) is 10.9. The number of rotatable bonds is 1. The molecule has 2 heterocycles. The summed E-state index contributed by atoms with van der Waals surface area (Å²) in [5.41, 5.74) is 0.778. The highest BCUT2D eigenvalue weighted by Crippen LogP contribution is 2.25. The maximum absolute atomic E-state index is 11.6. The molecule has 15 heavy (non-hydrogen) atoms. The molecule has 0 aliphatic rings. The van der Waals surface area contributed by atoms with Crippen LogP contribution in [0.1, 0.15) is 27.7 Å². The van der Waals surface area contributed by atoms with E-state index < -0.39 is 0 Å². The van der Waals surface area contributed by atoms with Crippen LogP contribution in [-0.2, 0) is 0 Å². The van der Waals surface area contributed by atoms with Crippen LogP contribution in [0.3, 0.4) is 0 Å². The molecule has 0 aromatic carbocycles. The summed E-state index contributed by atoms with van der Waals surface area (Å²) in [5.74, 6) is -0.181. The quantitative estimate of drug-likeness (QED) is 0.752. The number of thiophene rings is 1. The molecule has 0 fully saturated rings. The van der Waals surface area contributed by atoms with E-state index in [1.165, 1.54) is 18.3 Å². The second-order valence-electron chi connectivity index (χ2n) is 3.61. The Morgan fingerprint density at radius 3 is 2.67 bits per heavy atom. The van der Waals surface area contributed by atoms with Gasteiger partial charge in [0.05, 0.1) is 5.56 Å². The van der Waals surface area contributed by atoms with Gasteiger partial charge in [0.1, 0.15) is 4.83 Å². The Hall–Kier alpha value is -1.42. The molecule has 0 amide bonds. The van der Waals surface area contributed by atoms with Crippen LogP contribution in [0.4, 0.5) is 0 Å². The van der Waals surface area contributed by atoms with Crippen molar-refractivity contribution in [2.24, 2.45) is 0 Å². The minimum absolute atomic E-state index is 0.181. The van der Waals surface area contributed by atoms with Gasteiger partial charge in [-0.3, -0.25) is 9.59 Å². The molecule has 0 saturated carbocycles. The number of aryl methyl sites for hydroxylation is 2. The van der Waals surface area contributed by atoms with Gasteiger partial charge in [0.2, 0.25) is 0 Å². The number of aromatic amines is 1. The van der Waals surface area contributed by atoms with Crippen LogP contribution < -0.4 is 5.56 Å². The summed E-state index contributed by atoms with van der Waals surface area (Å²) in [7, 11) is 0. The van der Waals surface area contributed by atoms with Crippen molar-refractivity contribution in [3.05, 3.63) is 32.4 Å². The molecule has 1 N–H and O–H groups in total. The smallest absolute Gasteiger partial charge is 0.260 e. The number of fused-ring (bicyclic) bond motifs is 1. The van der Waals surface area contributed by atoms with Crippen molar-refractivity contribution in [2.75, 3.05) is 0 Å². The van der Waals surface area contributed by atoms with Crippen molar-refractivity contribution in [3.63, 3.8) is 0 Å². The highest BCUT2D eigenvalue weighted by atomic mass is 32.1. The number of nitrogens with one attached hydrogen (secondary N) is 1. The molecular weight excluding hydrogens is 210 g/mol. The van der Waals surface area contributed by atoms with Crippen LogP contribution in [0.25, 0.3) is 10.2 Å². The number of carbonyl (C=O) groups excluding carboxylic acids is 1. The first-order chi connectivity index (χ1) is 7.00. The summed E-state index contributed by atoms with van der Waals surface area (Å²) in [6.45, 7) is 5.22. The summed E-state index contributed by atoms with van der Waals surface area (Å²) in [4.78, 5) is 27.7. The molecule has 2 aromatic rings. The molecule has 2 aromatic heterocycles. The minimum atomic E-state index is -0.283. The van der Waals surface area contributed by atoms with Gasteiger partial charge in [-0.15, -0.1) is 11.3 Å². The van der Waals surface area contributed by atoms with E-state index >= 15 is 0 Å². The van der Waals surface area contributed by atoms with E-state index in [1.54, 1.807) is 0 Å². The molecule has 0 aliphatic carbocycles. The van der Waals surface area contributed by atoms with Crippen LogP contribution >= 0.6 is 11.3 Å². The van der Waals surface area contributed by atoms with Crippen molar-refractivity contribution >= 4 is 27.3 Å². The summed E-state index contributed by atoms with van der Waals surface area (Å²) in [6, 6.07) is 2.00. The molecule has 0 radical (unpaired) electrons.